The first-order valence-electron chi connectivity index (χ1n) is 5.50. The third-order valence-electron chi connectivity index (χ3n) is 3.06. The minimum absolute atomic E-state index is 0.0980. The number of nitriles is 1. The van der Waals surface area contributed by atoms with Gasteiger partial charge in [0.05, 0.1) is 25.4 Å². The molecule has 1 aliphatic rings. The Kier molecular flexibility index (Phi) is 4.27. The van der Waals surface area contributed by atoms with Gasteiger partial charge in [-0.2, -0.15) is 5.26 Å². The Morgan fingerprint density at radius 2 is 2.44 bits per heavy atom. The molecule has 1 fully saturated rings. The van der Waals surface area contributed by atoms with Crippen molar-refractivity contribution < 1.29 is 14.6 Å². The number of nitrogens with zero attached hydrogens (tertiary/aromatic N) is 2. The van der Waals surface area contributed by atoms with Crippen molar-refractivity contribution in [3.8, 4) is 6.07 Å². The van der Waals surface area contributed by atoms with Crippen molar-refractivity contribution in [3.05, 3.63) is 0 Å². The highest BCUT2D eigenvalue weighted by Crippen LogP contribution is 2.24. The summed E-state index contributed by atoms with van der Waals surface area (Å²) in [5.41, 5.74) is -0.961. The average molecular weight is 226 g/mol. The molecule has 0 radical (unpaired) electrons. The lowest BCUT2D eigenvalue weighted by Gasteiger charge is -2.35. The van der Waals surface area contributed by atoms with Gasteiger partial charge in [-0.25, -0.2) is 0 Å². The Bertz CT molecular complexity index is 300. The van der Waals surface area contributed by atoms with Gasteiger partial charge in [0.2, 0.25) is 5.91 Å². The lowest BCUT2D eigenvalue weighted by atomic mass is 9.87. The monoisotopic (exact) mass is 226 g/mol. The number of aliphatic hydroxyl groups excluding tert-OH is 1. The molecule has 2 atom stereocenters. The van der Waals surface area contributed by atoms with E-state index in [0.717, 1.165) is 0 Å². The fourth-order valence-corrected chi connectivity index (χ4v) is 1.64. The predicted octanol–water partition coefficient (Wildman–Crippen LogP) is 0.146. The third kappa shape index (κ3) is 2.52. The summed E-state index contributed by atoms with van der Waals surface area (Å²) in [4.78, 5) is 13.7. The summed E-state index contributed by atoms with van der Waals surface area (Å²) in [6.07, 6.45) is 0.168. The number of carbonyl (C=O) groups excluding carboxylic acids is 1. The Labute approximate surface area is 95.6 Å². The number of rotatable bonds is 3. The van der Waals surface area contributed by atoms with E-state index in [-0.39, 0.29) is 18.6 Å². The fourth-order valence-electron chi connectivity index (χ4n) is 1.64. The number of hydrogen-bond acceptors (Lipinski definition) is 4. The van der Waals surface area contributed by atoms with Crippen LogP contribution in [0.4, 0.5) is 0 Å². The molecule has 5 heteroatoms. The van der Waals surface area contributed by atoms with Gasteiger partial charge in [-0.1, -0.05) is 6.92 Å². The molecule has 1 aliphatic heterocycles. The first-order valence-corrected chi connectivity index (χ1v) is 5.50. The van der Waals surface area contributed by atoms with E-state index in [9.17, 15) is 4.79 Å². The first kappa shape index (κ1) is 12.9. The molecule has 90 valence electrons. The highest BCUT2D eigenvalue weighted by atomic mass is 16.5. The van der Waals surface area contributed by atoms with Gasteiger partial charge >= 0.3 is 0 Å². The van der Waals surface area contributed by atoms with Crippen molar-refractivity contribution in [2.75, 3.05) is 26.3 Å². The standard InChI is InChI=1S/C11H18N2O3/c1-3-11(2,8-12)10(15)13-4-5-16-9(6-13)7-14/h9,14H,3-7H2,1-2H3. The molecule has 5 nitrogen and oxygen atoms in total. The zero-order valence-corrected chi connectivity index (χ0v) is 9.77. The smallest absolute Gasteiger partial charge is 0.242 e. The van der Waals surface area contributed by atoms with Crippen LogP contribution in [0.15, 0.2) is 0 Å². The van der Waals surface area contributed by atoms with Crippen molar-refractivity contribution in [3.63, 3.8) is 0 Å². The quantitative estimate of drug-likeness (QED) is 0.743. The van der Waals surface area contributed by atoms with Gasteiger partial charge in [0.25, 0.3) is 0 Å². The molecule has 1 heterocycles. The molecule has 1 saturated heterocycles. The summed E-state index contributed by atoms with van der Waals surface area (Å²) in [6.45, 7) is 4.66. The molecule has 1 amide bonds. The third-order valence-corrected chi connectivity index (χ3v) is 3.06. The molecule has 0 spiro atoms. The molecule has 0 aliphatic carbocycles. The van der Waals surface area contributed by atoms with Crippen LogP contribution in [-0.2, 0) is 9.53 Å². The Balaban J connectivity index is 2.70. The summed E-state index contributed by atoms with van der Waals surface area (Å²) < 4.78 is 5.26. The van der Waals surface area contributed by atoms with Crippen LogP contribution in [0.2, 0.25) is 0 Å². The summed E-state index contributed by atoms with van der Waals surface area (Å²) in [6, 6.07) is 2.06. The van der Waals surface area contributed by atoms with Gasteiger partial charge in [0.15, 0.2) is 0 Å². The van der Waals surface area contributed by atoms with Crippen LogP contribution in [-0.4, -0.2) is 48.3 Å². The van der Waals surface area contributed by atoms with Crippen molar-refractivity contribution in [2.45, 2.75) is 26.4 Å². The minimum Gasteiger partial charge on any atom is -0.394 e. The molecule has 16 heavy (non-hydrogen) atoms. The highest BCUT2D eigenvalue weighted by molar-refractivity contribution is 5.85. The van der Waals surface area contributed by atoms with Crippen LogP contribution < -0.4 is 0 Å². The van der Waals surface area contributed by atoms with Gasteiger partial charge < -0.3 is 14.7 Å². The fraction of sp³-hybridized carbons (Fsp3) is 0.818. The van der Waals surface area contributed by atoms with Gasteiger partial charge in [0.1, 0.15) is 5.41 Å². The van der Waals surface area contributed by atoms with E-state index in [0.29, 0.717) is 26.1 Å². The van der Waals surface area contributed by atoms with E-state index in [2.05, 4.69) is 6.07 Å². The number of hydrogen-bond donors (Lipinski definition) is 1. The largest absolute Gasteiger partial charge is 0.394 e. The molecular formula is C11H18N2O3. The van der Waals surface area contributed by atoms with E-state index in [1.54, 1.807) is 11.8 Å². The van der Waals surface area contributed by atoms with E-state index in [1.165, 1.54) is 0 Å². The lowest BCUT2D eigenvalue weighted by Crippen LogP contribution is -2.51. The number of ether oxygens (including phenoxy) is 1. The second kappa shape index (κ2) is 5.28. The molecular weight excluding hydrogens is 208 g/mol. The normalized spacial score (nSPS) is 24.6. The average Bonchev–Trinajstić information content (AvgIpc) is 2.37. The van der Waals surface area contributed by atoms with Crippen LogP contribution in [0.1, 0.15) is 20.3 Å². The maximum atomic E-state index is 12.1. The zero-order valence-electron chi connectivity index (χ0n) is 9.77. The number of carbonyl (C=O) groups is 1. The van der Waals surface area contributed by atoms with Gasteiger partial charge in [-0.05, 0) is 13.3 Å². The molecule has 0 aromatic carbocycles. The maximum Gasteiger partial charge on any atom is 0.242 e. The predicted molar refractivity (Wildman–Crippen MR) is 57.4 cm³/mol. The van der Waals surface area contributed by atoms with Crippen molar-refractivity contribution >= 4 is 5.91 Å². The second-order valence-electron chi connectivity index (χ2n) is 4.22. The summed E-state index contributed by atoms with van der Waals surface area (Å²) in [5, 5.41) is 18.0. The topological polar surface area (TPSA) is 73.6 Å². The number of morpholine rings is 1. The van der Waals surface area contributed by atoms with Crippen LogP contribution in [0.25, 0.3) is 0 Å². The molecule has 1 rings (SSSR count). The van der Waals surface area contributed by atoms with Gasteiger partial charge in [0, 0.05) is 13.1 Å². The maximum absolute atomic E-state index is 12.1. The number of amides is 1. The van der Waals surface area contributed by atoms with Gasteiger partial charge in [-0.3, -0.25) is 4.79 Å². The Morgan fingerprint density at radius 3 is 2.94 bits per heavy atom. The summed E-state index contributed by atoms with van der Waals surface area (Å²) >= 11 is 0. The van der Waals surface area contributed by atoms with E-state index in [1.807, 2.05) is 6.92 Å². The van der Waals surface area contributed by atoms with Crippen molar-refractivity contribution in [2.24, 2.45) is 5.41 Å². The van der Waals surface area contributed by atoms with Crippen LogP contribution >= 0.6 is 0 Å². The zero-order chi connectivity index (χ0) is 12.2. The highest BCUT2D eigenvalue weighted by Gasteiger charge is 2.37. The molecule has 0 bridgehead atoms. The van der Waals surface area contributed by atoms with Gasteiger partial charge in [-0.15, -0.1) is 0 Å². The molecule has 0 aromatic rings. The molecule has 0 saturated carbocycles. The second-order valence-corrected chi connectivity index (χ2v) is 4.22. The van der Waals surface area contributed by atoms with E-state index < -0.39 is 5.41 Å². The van der Waals surface area contributed by atoms with Crippen molar-refractivity contribution in [1.82, 2.24) is 4.90 Å². The SMILES string of the molecule is CCC(C)(C#N)C(=O)N1CCOC(CO)C1. The van der Waals surface area contributed by atoms with E-state index >= 15 is 0 Å². The first-order chi connectivity index (χ1) is 7.57. The molecule has 0 aromatic heterocycles. The van der Waals surface area contributed by atoms with Crippen LogP contribution in [0, 0.1) is 16.7 Å². The van der Waals surface area contributed by atoms with E-state index in [4.69, 9.17) is 15.1 Å². The summed E-state index contributed by atoms with van der Waals surface area (Å²) in [5.74, 6) is -0.167. The Hall–Kier alpha value is -1.12. The van der Waals surface area contributed by atoms with Crippen LogP contribution in [0.3, 0.4) is 0 Å². The molecule has 2 unspecified atom stereocenters. The summed E-state index contributed by atoms with van der Waals surface area (Å²) in [7, 11) is 0. The van der Waals surface area contributed by atoms with Crippen molar-refractivity contribution in [1.29, 1.82) is 5.26 Å². The Morgan fingerprint density at radius 1 is 1.75 bits per heavy atom. The number of aliphatic hydroxyl groups is 1. The molecule has 1 N–H and O–H groups in total. The minimum atomic E-state index is -0.961. The van der Waals surface area contributed by atoms with Crippen LogP contribution in [0.5, 0.6) is 0 Å². The lowest BCUT2D eigenvalue weighted by molar-refractivity contribution is -0.147.